The van der Waals surface area contributed by atoms with E-state index in [2.05, 4.69) is 6.07 Å². The van der Waals surface area contributed by atoms with Gasteiger partial charge in [0.25, 0.3) is 0 Å². The van der Waals surface area contributed by atoms with Crippen molar-refractivity contribution in [3.05, 3.63) is 29.3 Å². The van der Waals surface area contributed by atoms with Gasteiger partial charge in [-0.1, -0.05) is 6.07 Å². The fraction of sp³-hybridized carbons (Fsp3) is 0.588. The van der Waals surface area contributed by atoms with Crippen LogP contribution in [0.15, 0.2) is 23.1 Å². The Balaban J connectivity index is 1.76. The summed E-state index contributed by atoms with van der Waals surface area (Å²) < 4.78 is 27.3. The van der Waals surface area contributed by atoms with Gasteiger partial charge in [-0.25, -0.2) is 8.42 Å². The average molecular weight is 333 g/mol. The number of sulfonamides is 1. The highest BCUT2D eigenvalue weighted by Crippen LogP contribution is 2.26. The van der Waals surface area contributed by atoms with E-state index in [-0.39, 0.29) is 6.04 Å². The molecule has 1 heterocycles. The molecule has 1 fully saturated rings. The fourth-order valence-corrected chi connectivity index (χ4v) is 4.91. The Hall–Kier alpha value is -1.42. The van der Waals surface area contributed by atoms with Crippen LogP contribution in [0, 0.1) is 11.3 Å². The number of piperazine rings is 1. The molecule has 1 aliphatic carbocycles. The minimum absolute atomic E-state index is 0.163. The molecule has 0 radical (unpaired) electrons. The summed E-state index contributed by atoms with van der Waals surface area (Å²) >= 11 is 0. The molecule has 0 aromatic heterocycles. The van der Waals surface area contributed by atoms with Crippen LogP contribution in [0.5, 0.6) is 0 Å². The van der Waals surface area contributed by atoms with Crippen molar-refractivity contribution in [1.29, 1.82) is 5.26 Å². The largest absolute Gasteiger partial charge is 0.286 e. The average Bonchev–Trinajstić information content (AvgIpc) is 2.60. The number of hydrogen-bond acceptors (Lipinski definition) is 4. The molecule has 0 N–H and O–H groups in total. The first-order valence-corrected chi connectivity index (χ1v) is 9.72. The first kappa shape index (κ1) is 16.4. The molecule has 0 saturated carbocycles. The summed E-state index contributed by atoms with van der Waals surface area (Å²) in [6.45, 7) is 3.97. The van der Waals surface area contributed by atoms with Gasteiger partial charge in [-0.15, -0.1) is 0 Å². The summed E-state index contributed by atoms with van der Waals surface area (Å²) in [6, 6.07) is 7.65. The number of aryl methyl sites for hydroxylation is 2. The van der Waals surface area contributed by atoms with Crippen molar-refractivity contribution in [3.8, 4) is 6.07 Å². The fourth-order valence-electron chi connectivity index (χ4n) is 3.43. The SMILES string of the molecule is C[C@H](C#N)N1CCN(S(=O)(=O)c2ccc3c(c2)CCCC3)CC1. The van der Waals surface area contributed by atoms with Crippen LogP contribution >= 0.6 is 0 Å². The lowest BCUT2D eigenvalue weighted by Crippen LogP contribution is -2.50. The first-order valence-electron chi connectivity index (χ1n) is 8.28. The van der Waals surface area contributed by atoms with Crippen LogP contribution < -0.4 is 0 Å². The molecule has 1 aromatic carbocycles. The van der Waals surface area contributed by atoms with E-state index < -0.39 is 10.0 Å². The monoisotopic (exact) mass is 333 g/mol. The van der Waals surface area contributed by atoms with Crippen molar-refractivity contribution >= 4 is 10.0 Å². The zero-order valence-corrected chi connectivity index (χ0v) is 14.3. The van der Waals surface area contributed by atoms with E-state index in [1.165, 1.54) is 17.5 Å². The number of nitriles is 1. The van der Waals surface area contributed by atoms with Crippen LogP contribution in [0.25, 0.3) is 0 Å². The molecule has 1 atom stereocenters. The standard InChI is InChI=1S/C17H23N3O2S/c1-14(13-18)19-8-10-20(11-9-19)23(21,22)17-7-6-15-4-2-3-5-16(15)12-17/h6-7,12,14H,2-5,8-11H2,1H3/t14-/m1/s1. The van der Waals surface area contributed by atoms with Gasteiger partial charge in [0.2, 0.25) is 10.0 Å². The van der Waals surface area contributed by atoms with Gasteiger partial charge in [0.05, 0.1) is 17.0 Å². The van der Waals surface area contributed by atoms with Crippen molar-refractivity contribution in [2.24, 2.45) is 0 Å². The highest BCUT2D eigenvalue weighted by atomic mass is 32.2. The molecule has 124 valence electrons. The topological polar surface area (TPSA) is 64.4 Å². The Morgan fingerprint density at radius 1 is 1.09 bits per heavy atom. The molecule has 23 heavy (non-hydrogen) atoms. The molecule has 0 bridgehead atoms. The van der Waals surface area contributed by atoms with E-state index in [4.69, 9.17) is 5.26 Å². The summed E-state index contributed by atoms with van der Waals surface area (Å²) in [6.07, 6.45) is 4.37. The van der Waals surface area contributed by atoms with Gasteiger partial charge < -0.3 is 0 Å². The Bertz CT molecular complexity index is 716. The van der Waals surface area contributed by atoms with Crippen molar-refractivity contribution < 1.29 is 8.42 Å². The molecule has 6 heteroatoms. The lowest BCUT2D eigenvalue weighted by molar-refractivity contribution is 0.169. The Labute approximate surface area is 138 Å². The summed E-state index contributed by atoms with van der Waals surface area (Å²) in [7, 11) is -3.43. The van der Waals surface area contributed by atoms with Crippen LogP contribution in [0.3, 0.4) is 0 Å². The van der Waals surface area contributed by atoms with E-state index in [1.807, 2.05) is 24.0 Å². The van der Waals surface area contributed by atoms with Crippen molar-refractivity contribution in [2.75, 3.05) is 26.2 Å². The Morgan fingerprint density at radius 2 is 1.74 bits per heavy atom. The third-order valence-electron chi connectivity index (χ3n) is 4.97. The molecule has 0 unspecified atom stereocenters. The number of benzene rings is 1. The molecular weight excluding hydrogens is 310 g/mol. The second-order valence-electron chi connectivity index (χ2n) is 6.38. The maximum absolute atomic E-state index is 12.9. The molecule has 2 aliphatic rings. The number of fused-ring (bicyclic) bond motifs is 1. The second-order valence-corrected chi connectivity index (χ2v) is 8.32. The molecular formula is C17H23N3O2S. The molecule has 0 spiro atoms. The third kappa shape index (κ3) is 3.27. The highest BCUT2D eigenvalue weighted by Gasteiger charge is 2.30. The summed E-state index contributed by atoms with van der Waals surface area (Å²) in [4.78, 5) is 2.44. The van der Waals surface area contributed by atoms with Gasteiger partial charge in [0, 0.05) is 26.2 Å². The molecule has 1 aromatic rings. The lowest BCUT2D eigenvalue weighted by Gasteiger charge is -2.35. The van der Waals surface area contributed by atoms with E-state index in [0.717, 1.165) is 19.3 Å². The zero-order chi connectivity index (χ0) is 16.4. The normalized spacial score (nSPS) is 21.4. The Morgan fingerprint density at radius 3 is 2.39 bits per heavy atom. The van der Waals surface area contributed by atoms with Gasteiger partial charge in [-0.05, 0) is 55.9 Å². The lowest BCUT2D eigenvalue weighted by atomic mass is 9.92. The van der Waals surface area contributed by atoms with E-state index in [0.29, 0.717) is 31.1 Å². The summed E-state index contributed by atoms with van der Waals surface area (Å²) in [5.74, 6) is 0. The van der Waals surface area contributed by atoms with Crippen LogP contribution in [0.1, 0.15) is 30.9 Å². The van der Waals surface area contributed by atoms with Crippen LogP contribution in [0.4, 0.5) is 0 Å². The van der Waals surface area contributed by atoms with Crippen molar-refractivity contribution in [2.45, 2.75) is 43.5 Å². The van der Waals surface area contributed by atoms with Crippen LogP contribution in [0.2, 0.25) is 0 Å². The van der Waals surface area contributed by atoms with Gasteiger partial charge in [-0.3, -0.25) is 4.90 Å². The number of hydrogen-bond donors (Lipinski definition) is 0. The molecule has 3 rings (SSSR count). The highest BCUT2D eigenvalue weighted by molar-refractivity contribution is 7.89. The minimum Gasteiger partial charge on any atom is -0.286 e. The maximum atomic E-state index is 12.9. The van der Waals surface area contributed by atoms with Gasteiger partial charge in [0.15, 0.2) is 0 Å². The van der Waals surface area contributed by atoms with Gasteiger partial charge >= 0.3 is 0 Å². The number of rotatable bonds is 3. The maximum Gasteiger partial charge on any atom is 0.243 e. The molecule has 0 amide bonds. The van der Waals surface area contributed by atoms with Crippen molar-refractivity contribution in [3.63, 3.8) is 0 Å². The molecule has 1 saturated heterocycles. The second kappa shape index (κ2) is 6.60. The van der Waals surface area contributed by atoms with Crippen molar-refractivity contribution in [1.82, 2.24) is 9.21 Å². The first-order chi connectivity index (χ1) is 11.0. The van der Waals surface area contributed by atoms with Gasteiger partial charge in [0.1, 0.15) is 0 Å². The minimum atomic E-state index is -3.43. The van der Waals surface area contributed by atoms with E-state index in [9.17, 15) is 8.42 Å². The smallest absolute Gasteiger partial charge is 0.243 e. The van der Waals surface area contributed by atoms with E-state index >= 15 is 0 Å². The Kier molecular flexibility index (Phi) is 4.72. The zero-order valence-electron chi connectivity index (χ0n) is 13.5. The predicted octanol–water partition coefficient (Wildman–Crippen LogP) is 1.78. The van der Waals surface area contributed by atoms with E-state index in [1.54, 1.807) is 10.4 Å². The predicted molar refractivity (Wildman–Crippen MR) is 88.5 cm³/mol. The quantitative estimate of drug-likeness (QED) is 0.846. The molecule has 1 aliphatic heterocycles. The summed E-state index contributed by atoms with van der Waals surface area (Å²) in [5.41, 5.74) is 2.48. The molecule has 5 nitrogen and oxygen atoms in total. The van der Waals surface area contributed by atoms with Crippen LogP contribution in [-0.2, 0) is 22.9 Å². The van der Waals surface area contributed by atoms with Gasteiger partial charge in [-0.2, -0.15) is 9.57 Å². The number of nitrogens with zero attached hydrogens (tertiary/aromatic N) is 3. The summed E-state index contributed by atoms with van der Waals surface area (Å²) in [5, 5.41) is 8.98. The van der Waals surface area contributed by atoms with Crippen LogP contribution in [-0.4, -0.2) is 49.8 Å². The third-order valence-corrected chi connectivity index (χ3v) is 6.86.